The fourth-order valence-electron chi connectivity index (χ4n) is 4.04. The molecule has 1 fully saturated rings. The maximum atomic E-state index is 13.7. The number of imidazole rings is 1. The number of methoxy groups -OCH3 is 2. The standard InChI is InChI=1S/C24H17ClFN3O6/c1-33-17-10-18(34-2)13(25)9-12(17)21(30)19-20(16-4-3-7-35-16)29(23(32)22(19)31)24-27-14-6-5-11(26)8-15(14)28-24/h3-10,20,30H,1-2H3,(H,27,28)/b21-19+. The zero-order valence-electron chi connectivity index (χ0n) is 18.3. The molecule has 1 amide bonds. The smallest absolute Gasteiger partial charge is 0.302 e. The maximum absolute atomic E-state index is 13.7. The van der Waals surface area contributed by atoms with Gasteiger partial charge in [-0.1, -0.05) is 11.6 Å². The third-order valence-corrected chi connectivity index (χ3v) is 5.94. The number of rotatable bonds is 5. The number of halogens is 2. The van der Waals surface area contributed by atoms with Crippen molar-refractivity contribution in [3.63, 3.8) is 0 Å². The molecule has 2 aromatic heterocycles. The number of anilines is 1. The van der Waals surface area contributed by atoms with Crippen LogP contribution in [0.1, 0.15) is 17.4 Å². The van der Waals surface area contributed by atoms with Crippen LogP contribution in [0.15, 0.2) is 58.7 Å². The number of fused-ring (bicyclic) bond motifs is 1. The van der Waals surface area contributed by atoms with Crippen molar-refractivity contribution in [1.82, 2.24) is 9.97 Å². The van der Waals surface area contributed by atoms with Gasteiger partial charge in [-0.05, 0) is 36.4 Å². The number of hydrogen-bond acceptors (Lipinski definition) is 7. The first kappa shape index (κ1) is 22.5. The van der Waals surface area contributed by atoms with Crippen molar-refractivity contribution in [2.24, 2.45) is 0 Å². The summed E-state index contributed by atoms with van der Waals surface area (Å²) in [6.45, 7) is 0. The minimum atomic E-state index is -1.18. The Labute approximate surface area is 202 Å². The fraction of sp³-hybridized carbons (Fsp3) is 0.125. The Morgan fingerprint density at radius 2 is 1.94 bits per heavy atom. The number of benzene rings is 2. The summed E-state index contributed by atoms with van der Waals surface area (Å²) in [5, 5.41) is 11.4. The third-order valence-electron chi connectivity index (χ3n) is 5.65. The maximum Gasteiger partial charge on any atom is 0.302 e. The topological polar surface area (TPSA) is 118 Å². The van der Waals surface area contributed by atoms with E-state index in [9.17, 15) is 19.1 Å². The predicted octanol–water partition coefficient (Wildman–Crippen LogP) is 4.59. The zero-order chi connectivity index (χ0) is 24.9. The number of nitrogens with zero attached hydrogens (tertiary/aromatic N) is 2. The number of hydrogen-bond donors (Lipinski definition) is 2. The van der Waals surface area contributed by atoms with Crippen LogP contribution in [0.4, 0.5) is 10.3 Å². The van der Waals surface area contributed by atoms with Gasteiger partial charge in [0.2, 0.25) is 5.95 Å². The van der Waals surface area contributed by atoms with Crippen molar-refractivity contribution < 1.29 is 33.0 Å². The lowest BCUT2D eigenvalue weighted by Crippen LogP contribution is -2.30. The molecule has 1 aliphatic rings. The van der Waals surface area contributed by atoms with Crippen LogP contribution in [0.3, 0.4) is 0 Å². The van der Waals surface area contributed by atoms with Gasteiger partial charge < -0.3 is 24.0 Å². The monoisotopic (exact) mass is 497 g/mol. The second-order valence-electron chi connectivity index (χ2n) is 7.59. The van der Waals surface area contributed by atoms with Gasteiger partial charge in [-0.2, -0.15) is 0 Å². The summed E-state index contributed by atoms with van der Waals surface area (Å²) in [5.41, 5.74) is 0.504. The van der Waals surface area contributed by atoms with E-state index >= 15 is 0 Å². The number of H-pyrrole nitrogens is 1. The third kappa shape index (κ3) is 3.58. The predicted molar refractivity (Wildman–Crippen MR) is 124 cm³/mol. The number of ketones is 1. The van der Waals surface area contributed by atoms with E-state index in [-0.39, 0.29) is 39.4 Å². The summed E-state index contributed by atoms with van der Waals surface area (Å²) in [5.74, 6) is -2.36. The van der Waals surface area contributed by atoms with Gasteiger partial charge in [0.25, 0.3) is 5.78 Å². The number of carbonyl (C=O) groups is 2. The average Bonchev–Trinajstić information content (AvgIpc) is 3.57. The van der Waals surface area contributed by atoms with Crippen molar-refractivity contribution in [3.05, 3.63) is 76.5 Å². The van der Waals surface area contributed by atoms with Gasteiger partial charge in [-0.15, -0.1) is 0 Å². The van der Waals surface area contributed by atoms with Gasteiger partial charge in [0.15, 0.2) is 0 Å². The Morgan fingerprint density at radius 3 is 2.63 bits per heavy atom. The number of aliphatic hydroxyl groups is 1. The molecule has 1 atom stereocenters. The van der Waals surface area contributed by atoms with Gasteiger partial charge in [0.1, 0.15) is 34.9 Å². The van der Waals surface area contributed by atoms with Crippen molar-refractivity contribution in [3.8, 4) is 11.5 Å². The molecule has 178 valence electrons. The van der Waals surface area contributed by atoms with E-state index in [2.05, 4.69) is 9.97 Å². The van der Waals surface area contributed by atoms with Crippen LogP contribution in [0, 0.1) is 5.82 Å². The minimum absolute atomic E-state index is 0.0205. The van der Waals surface area contributed by atoms with E-state index in [1.807, 2.05) is 0 Å². The van der Waals surface area contributed by atoms with Gasteiger partial charge >= 0.3 is 5.91 Å². The highest BCUT2D eigenvalue weighted by molar-refractivity contribution is 6.51. The second-order valence-corrected chi connectivity index (χ2v) is 8.00. The Bertz CT molecular complexity index is 1510. The van der Waals surface area contributed by atoms with Crippen LogP contribution in [0.5, 0.6) is 11.5 Å². The first-order valence-corrected chi connectivity index (χ1v) is 10.6. The molecule has 3 heterocycles. The van der Waals surface area contributed by atoms with Crippen molar-refractivity contribution >= 4 is 46.0 Å². The molecule has 0 spiro atoms. The summed E-state index contributed by atoms with van der Waals surface area (Å²) >= 11 is 6.25. The second kappa shape index (κ2) is 8.48. The molecule has 9 nitrogen and oxygen atoms in total. The number of Topliss-reactive ketones (excluding diaryl/α,β-unsaturated/α-hetero) is 1. The molecule has 11 heteroatoms. The molecule has 0 aliphatic carbocycles. The number of amides is 1. The van der Waals surface area contributed by atoms with Crippen LogP contribution in [-0.2, 0) is 9.59 Å². The van der Waals surface area contributed by atoms with E-state index in [0.717, 1.165) is 4.90 Å². The van der Waals surface area contributed by atoms with Crippen LogP contribution in [-0.4, -0.2) is 41.0 Å². The number of aromatic nitrogens is 2. The van der Waals surface area contributed by atoms with E-state index in [0.29, 0.717) is 11.0 Å². The van der Waals surface area contributed by atoms with Gasteiger partial charge in [0, 0.05) is 6.07 Å². The Morgan fingerprint density at radius 1 is 1.17 bits per heavy atom. The molecule has 1 unspecified atom stereocenters. The molecule has 1 saturated heterocycles. The van der Waals surface area contributed by atoms with Gasteiger partial charge in [-0.25, -0.2) is 9.37 Å². The lowest BCUT2D eigenvalue weighted by atomic mass is 9.98. The van der Waals surface area contributed by atoms with Crippen LogP contribution < -0.4 is 14.4 Å². The molecule has 5 rings (SSSR count). The van der Waals surface area contributed by atoms with E-state index in [1.54, 1.807) is 12.1 Å². The highest BCUT2D eigenvalue weighted by Gasteiger charge is 2.49. The van der Waals surface area contributed by atoms with Crippen molar-refractivity contribution in [1.29, 1.82) is 0 Å². The van der Waals surface area contributed by atoms with E-state index in [1.165, 1.54) is 50.8 Å². The summed E-state index contributed by atoms with van der Waals surface area (Å²) < 4.78 is 29.8. The molecule has 1 aliphatic heterocycles. The summed E-state index contributed by atoms with van der Waals surface area (Å²) in [7, 11) is 2.79. The highest BCUT2D eigenvalue weighted by atomic mass is 35.5. The lowest BCUT2D eigenvalue weighted by Gasteiger charge is -2.21. The van der Waals surface area contributed by atoms with E-state index in [4.69, 9.17) is 25.5 Å². The molecule has 2 aromatic carbocycles. The number of aromatic amines is 1. The zero-order valence-corrected chi connectivity index (χ0v) is 19.1. The number of aliphatic hydroxyl groups excluding tert-OH is 1. The molecular formula is C24H17ClFN3O6. The van der Waals surface area contributed by atoms with Crippen molar-refractivity contribution in [2.45, 2.75) is 6.04 Å². The quantitative estimate of drug-likeness (QED) is 0.235. The normalized spacial score (nSPS) is 17.4. The number of carbonyl (C=O) groups excluding carboxylic acids is 2. The number of ether oxygens (including phenoxy) is 2. The number of furan rings is 1. The molecule has 35 heavy (non-hydrogen) atoms. The Kier molecular flexibility index (Phi) is 5.45. The number of nitrogens with one attached hydrogen (secondary N) is 1. The summed E-state index contributed by atoms with van der Waals surface area (Å²) in [4.78, 5) is 34.7. The fourth-order valence-corrected chi connectivity index (χ4v) is 4.28. The Hall–Kier alpha value is -4.31. The Balaban J connectivity index is 1.73. The molecule has 0 radical (unpaired) electrons. The van der Waals surface area contributed by atoms with Crippen LogP contribution >= 0.6 is 11.6 Å². The largest absolute Gasteiger partial charge is 0.507 e. The van der Waals surface area contributed by atoms with E-state index < -0.39 is 29.3 Å². The first-order chi connectivity index (χ1) is 16.8. The SMILES string of the molecule is COc1cc(OC)c(/C(O)=C2\C(=O)C(=O)N(c3nc4ccc(F)cc4[nH]3)C2c2ccco2)cc1Cl. The van der Waals surface area contributed by atoms with Gasteiger partial charge in [-0.3, -0.25) is 14.5 Å². The summed E-state index contributed by atoms with van der Waals surface area (Å²) in [6, 6.07) is 8.65. The van der Waals surface area contributed by atoms with Crippen LogP contribution in [0.2, 0.25) is 5.02 Å². The van der Waals surface area contributed by atoms with Crippen molar-refractivity contribution in [2.75, 3.05) is 19.1 Å². The summed E-state index contributed by atoms with van der Waals surface area (Å²) in [6.07, 6.45) is 1.37. The minimum Gasteiger partial charge on any atom is -0.507 e. The highest BCUT2D eigenvalue weighted by Crippen LogP contribution is 2.44. The molecule has 2 N–H and O–H groups in total. The van der Waals surface area contributed by atoms with Crippen LogP contribution in [0.25, 0.3) is 16.8 Å². The average molecular weight is 498 g/mol. The molecular weight excluding hydrogens is 481 g/mol. The molecule has 4 aromatic rings. The van der Waals surface area contributed by atoms with Gasteiger partial charge in [0.05, 0.1) is 47.7 Å². The first-order valence-electron chi connectivity index (χ1n) is 10.3. The molecule has 0 bridgehead atoms. The molecule has 0 saturated carbocycles. The lowest BCUT2D eigenvalue weighted by molar-refractivity contribution is -0.132.